The molecule has 0 aliphatic carbocycles. The number of benzene rings is 1. The quantitative estimate of drug-likeness (QED) is 0.0113. The van der Waals surface area contributed by atoms with Gasteiger partial charge in [0.05, 0.1) is 38.1 Å². The minimum atomic E-state index is -1.45. The third-order valence-electron chi connectivity index (χ3n) is 13.4. The van der Waals surface area contributed by atoms with Gasteiger partial charge in [-0.25, -0.2) is 19.7 Å². The molecule has 3 aromatic heterocycles. The Morgan fingerprint density at radius 3 is 1.32 bits per heavy atom. The second-order valence-electron chi connectivity index (χ2n) is 21.1. The number of aliphatic carboxylic acids is 1. The summed E-state index contributed by atoms with van der Waals surface area (Å²) in [7, 11) is 0. The molecular weight excluding hydrogens is 1130 g/mol. The van der Waals surface area contributed by atoms with Crippen LogP contribution in [0.5, 0.6) is 0 Å². The number of aromatic amines is 3. The van der Waals surface area contributed by atoms with Crippen LogP contribution in [0.4, 0.5) is 0 Å². The molecule has 0 saturated heterocycles. The molecule has 0 aliphatic heterocycles. The Morgan fingerprint density at radius 1 is 0.506 bits per heavy atom. The van der Waals surface area contributed by atoms with E-state index in [0.717, 1.165) is 0 Å². The van der Waals surface area contributed by atoms with Gasteiger partial charge in [-0.05, 0) is 82.4 Å². The van der Waals surface area contributed by atoms with Crippen molar-refractivity contribution in [3.8, 4) is 0 Å². The molecule has 32 heteroatoms. The minimum absolute atomic E-state index is 0.0156. The SMILES string of the molecule is CC(C)C[C@H](N)C(=O)N[C@@H](CCCN=C(N)N)C(=O)NCC(=O)N[C@@H](CCCCN)C(=O)NCC(=O)N[C@@H](Cc1cnc[nH]1)C(=O)N[C@@H](Cc1cnc[nH]1)C(=O)N[C@@H](CCCCN)C(=O)N[C@@H](Cc1cnc[nH]1)C(=O)N[C@@H](Cc1ccccc1)C(=O)O. The van der Waals surface area contributed by atoms with Gasteiger partial charge in [0.15, 0.2) is 5.96 Å². The van der Waals surface area contributed by atoms with Gasteiger partial charge in [0, 0.05) is 67.9 Å². The van der Waals surface area contributed by atoms with E-state index in [0.29, 0.717) is 54.7 Å². The van der Waals surface area contributed by atoms with Crippen molar-refractivity contribution in [2.45, 2.75) is 146 Å². The van der Waals surface area contributed by atoms with E-state index in [1.54, 1.807) is 30.3 Å². The van der Waals surface area contributed by atoms with E-state index in [4.69, 9.17) is 28.7 Å². The van der Waals surface area contributed by atoms with Gasteiger partial charge in [0.2, 0.25) is 53.2 Å². The molecule has 4 rings (SSSR count). The second-order valence-corrected chi connectivity index (χ2v) is 21.1. The Morgan fingerprint density at radius 2 is 0.897 bits per heavy atom. The lowest BCUT2D eigenvalue weighted by atomic mass is 10.0. The van der Waals surface area contributed by atoms with Crippen molar-refractivity contribution in [2.24, 2.45) is 39.6 Å². The third-order valence-corrected chi connectivity index (χ3v) is 13.4. The van der Waals surface area contributed by atoms with E-state index in [1.807, 2.05) is 13.8 Å². The van der Waals surface area contributed by atoms with Crippen LogP contribution in [0.3, 0.4) is 0 Å². The molecule has 0 unspecified atom stereocenters. The fourth-order valence-electron chi connectivity index (χ4n) is 8.88. The van der Waals surface area contributed by atoms with Crippen molar-refractivity contribution >= 4 is 65.1 Å². The van der Waals surface area contributed by atoms with E-state index in [9.17, 15) is 53.1 Å². The number of aliphatic imine (C=N–C) groups is 1. The highest BCUT2D eigenvalue weighted by Gasteiger charge is 2.34. The summed E-state index contributed by atoms with van der Waals surface area (Å²) in [6.07, 6.45) is 10.1. The summed E-state index contributed by atoms with van der Waals surface area (Å²) in [5, 5.41) is 33.4. The predicted molar refractivity (Wildman–Crippen MR) is 317 cm³/mol. The van der Waals surface area contributed by atoms with Crippen LogP contribution >= 0.6 is 0 Å². The fourth-order valence-corrected chi connectivity index (χ4v) is 8.88. The molecule has 0 saturated carbocycles. The van der Waals surface area contributed by atoms with Crippen molar-refractivity contribution in [3.05, 3.63) is 90.5 Å². The Hall–Kier alpha value is -9.30. The summed E-state index contributed by atoms with van der Waals surface area (Å²) in [6.45, 7) is 3.14. The summed E-state index contributed by atoms with van der Waals surface area (Å²) in [6, 6.07) is -1.57. The predicted octanol–water partition coefficient (Wildman–Crippen LogP) is -4.48. The Balaban J connectivity index is 1.49. The van der Waals surface area contributed by atoms with Crippen molar-refractivity contribution in [1.82, 2.24) is 77.8 Å². The number of carboxylic acid groups (broad SMARTS) is 1. The van der Waals surface area contributed by atoms with Crippen LogP contribution in [0, 0.1) is 5.92 Å². The van der Waals surface area contributed by atoms with E-state index in [-0.39, 0.29) is 82.9 Å². The number of nitrogens with one attached hydrogen (secondary N) is 12. The van der Waals surface area contributed by atoms with Gasteiger partial charge in [-0.15, -0.1) is 0 Å². The smallest absolute Gasteiger partial charge is 0.326 e. The third kappa shape index (κ3) is 26.7. The lowest BCUT2D eigenvalue weighted by Crippen LogP contribution is -2.60. The van der Waals surface area contributed by atoms with Gasteiger partial charge < -0.3 is 96.6 Å². The molecule has 1 aromatic carbocycles. The van der Waals surface area contributed by atoms with Gasteiger partial charge in [0.25, 0.3) is 0 Å². The van der Waals surface area contributed by atoms with Gasteiger partial charge in [-0.2, -0.15) is 0 Å². The second kappa shape index (κ2) is 37.9. The average Bonchev–Trinajstić information content (AvgIpc) is 4.36. The molecule has 3 heterocycles. The number of carbonyl (C=O) groups excluding carboxylic acids is 9. The molecule has 0 bridgehead atoms. The summed E-state index contributed by atoms with van der Waals surface area (Å²) in [5.41, 5.74) is 30.3. The zero-order chi connectivity index (χ0) is 63.7. The minimum Gasteiger partial charge on any atom is -0.480 e. The molecule has 0 fully saturated rings. The first-order valence-electron chi connectivity index (χ1n) is 28.7. The van der Waals surface area contributed by atoms with Crippen LogP contribution in [0.2, 0.25) is 0 Å². The van der Waals surface area contributed by atoms with Gasteiger partial charge in [0.1, 0.15) is 42.3 Å². The van der Waals surface area contributed by atoms with Crippen LogP contribution < -0.4 is 76.5 Å². The standard InChI is InChI=1S/C55H85N21O11/c1-32(2)19-37(58)47(79)72-39(15-10-18-64-55(59)60)49(81)66-27-45(77)70-38(13-6-8-16-56)48(80)65-28-46(78)71-41(21-34-24-61-29-67-34)51(83)75-42(22-35-25-62-30-68-35)52(84)73-40(14-7-9-17-57)50(82)74-43(23-36-26-63-31-69-36)53(85)76-44(54(86)87)20-33-11-4-3-5-12-33/h3-5,11-12,24-26,29-32,37-44H,6-10,13-23,27-28,56-58H2,1-2H3,(H,61,67)(H,62,68)(H,63,69)(H,65,80)(H,66,81)(H,70,77)(H,71,78)(H,72,79)(H,73,84)(H,74,82)(H,75,83)(H,76,85)(H,86,87)(H4,59,60,64)/t37-,38-,39-,40-,41-,42-,43-,44-/m0/s1. The van der Waals surface area contributed by atoms with E-state index < -0.39 is 121 Å². The number of carboxylic acids is 1. The van der Waals surface area contributed by atoms with Crippen LogP contribution in [-0.4, -0.2) is 181 Å². The first-order chi connectivity index (χ1) is 41.6. The van der Waals surface area contributed by atoms with Crippen LogP contribution in [0.1, 0.15) is 94.3 Å². The Bertz CT molecular complexity index is 2820. The number of aromatic nitrogens is 6. The summed E-state index contributed by atoms with van der Waals surface area (Å²) in [5.74, 6) is -8.48. The maximum Gasteiger partial charge on any atom is 0.326 e. The van der Waals surface area contributed by atoms with Gasteiger partial charge >= 0.3 is 5.97 Å². The van der Waals surface area contributed by atoms with E-state index in [2.05, 4.69) is 82.7 Å². The van der Waals surface area contributed by atoms with Gasteiger partial charge in [-0.1, -0.05) is 44.2 Å². The number of hydrogen-bond donors (Lipinski definition) is 18. The Labute approximate surface area is 502 Å². The maximum absolute atomic E-state index is 14.5. The zero-order valence-corrected chi connectivity index (χ0v) is 49.0. The highest BCUT2D eigenvalue weighted by molar-refractivity contribution is 5.97. The number of nitrogens with two attached hydrogens (primary N) is 5. The fraction of sp³-hybridized carbons (Fsp3) is 0.527. The van der Waals surface area contributed by atoms with Gasteiger partial charge in [-0.3, -0.25) is 48.1 Å². The molecule has 0 spiro atoms. The largest absolute Gasteiger partial charge is 0.480 e. The van der Waals surface area contributed by atoms with Crippen LogP contribution in [-0.2, 0) is 73.6 Å². The van der Waals surface area contributed by atoms with Crippen molar-refractivity contribution in [1.29, 1.82) is 0 Å². The molecule has 4 aromatic rings. The molecule has 32 nitrogen and oxygen atoms in total. The normalized spacial score (nSPS) is 13.8. The molecule has 0 aliphatic rings. The molecule has 9 amide bonds. The number of hydrogen-bond acceptors (Lipinski definition) is 17. The van der Waals surface area contributed by atoms with Crippen molar-refractivity contribution in [3.63, 3.8) is 0 Å². The highest BCUT2D eigenvalue weighted by atomic mass is 16.4. The first kappa shape index (κ1) is 70.2. The van der Waals surface area contributed by atoms with Crippen molar-refractivity contribution < 1.29 is 53.1 Å². The number of unbranched alkanes of at least 4 members (excludes halogenated alkanes) is 2. The number of amides is 9. The highest BCUT2D eigenvalue weighted by Crippen LogP contribution is 2.11. The monoisotopic (exact) mass is 1220 g/mol. The maximum atomic E-state index is 14.5. The number of guanidine groups is 1. The molecule has 87 heavy (non-hydrogen) atoms. The number of carbonyl (C=O) groups is 10. The van der Waals surface area contributed by atoms with Crippen LogP contribution in [0.25, 0.3) is 0 Å². The number of nitrogens with zero attached hydrogens (tertiary/aromatic N) is 4. The molecule has 476 valence electrons. The summed E-state index contributed by atoms with van der Waals surface area (Å²) in [4.78, 5) is 161. The topological polar surface area (TPSA) is 528 Å². The number of rotatable bonds is 41. The van der Waals surface area contributed by atoms with E-state index >= 15 is 0 Å². The first-order valence-corrected chi connectivity index (χ1v) is 28.7. The number of imidazole rings is 3. The average molecular weight is 1220 g/mol. The molecular formula is C55H85N21O11. The number of H-pyrrole nitrogens is 3. The van der Waals surface area contributed by atoms with Crippen LogP contribution in [0.15, 0.2) is 72.9 Å². The summed E-state index contributed by atoms with van der Waals surface area (Å²) < 4.78 is 0. The lowest BCUT2D eigenvalue weighted by Gasteiger charge is -2.27. The zero-order valence-electron chi connectivity index (χ0n) is 49.0. The van der Waals surface area contributed by atoms with E-state index in [1.165, 1.54) is 37.6 Å². The molecule has 8 atom stereocenters. The summed E-state index contributed by atoms with van der Waals surface area (Å²) >= 11 is 0. The van der Waals surface area contributed by atoms with Crippen molar-refractivity contribution in [2.75, 3.05) is 32.7 Å². The molecule has 0 radical (unpaired) electrons. The Kier molecular flexibility index (Phi) is 30.6. The molecule has 23 N–H and O–H groups in total. The lowest BCUT2D eigenvalue weighted by molar-refractivity contribution is -0.142.